The Morgan fingerprint density at radius 1 is 0.741 bits per heavy atom. The largest absolute Gasteiger partial charge is 0.319 e. The molecule has 0 amide bonds. The molecule has 0 spiro atoms. The van der Waals surface area contributed by atoms with Crippen molar-refractivity contribution in [3.05, 3.63) is 101 Å². The van der Waals surface area contributed by atoms with Crippen LogP contribution in [-0.4, -0.2) is 11.1 Å². The van der Waals surface area contributed by atoms with E-state index in [0.717, 1.165) is 17.8 Å². The van der Waals surface area contributed by atoms with Gasteiger partial charge in [-0.05, 0) is 23.1 Å². The van der Waals surface area contributed by atoms with Crippen LogP contribution in [0.2, 0.25) is 0 Å². The number of aromatic nitrogens is 1. The van der Waals surface area contributed by atoms with Crippen LogP contribution in [0.5, 0.6) is 0 Å². The predicted molar refractivity (Wildman–Crippen MR) is 115 cm³/mol. The lowest BCUT2D eigenvalue weighted by molar-refractivity contribution is 0.835. The molecular weight excluding hydrogens is 348 g/mol. The summed E-state index contributed by atoms with van der Waals surface area (Å²) in [5, 5.41) is 0. The minimum Gasteiger partial charge on any atom is -0.319 e. The standard InChI is InChI=1S/C24H22N2S/c1-26-22(20-13-7-3-8-14-20)23(21-15-9-4-10-16-21)27-24(26)25-18-17-19-11-5-2-6-12-19/h2-16H,17-18H2,1H3. The van der Waals surface area contributed by atoms with Crippen molar-refractivity contribution in [1.29, 1.82) is 0 Å². The Balaban J connectivity index is 1.75. The van der Waals surface area contributed by atoms with Gasteiger partial charge in [0.25, 0.3) is 0 Å². The van der Waals surface area contributed by atoms with Crippen LogP contribution in [-0.2, 0) is 13.5 Å². The SMILES string of the molecule is Cn1c(-c2ccccc2)c(-c2ccccc2)sc1=NCCc1ccccc1. The highest BCUT2D eigenvalue weighted by Gasteiger charge is 2.14. The lowest BCUT2D eigenvalue weighted by Crippen LogP contribution is -2.12. The van der Waals surface area contributed by atoms with Crippen molar-refractivity contribution in [3.8, 4) is 21.7 Å². The Morgan fingerprint density at radius 3 is 1.93 bits per heavy atom. The van der Waals surface area contributed by atoms with E-state index in [1.165, 1.54) is 27.3 Å². The van der Waals surface area contributed by atoms with E-state index in [2.05, 4.69) is 103 Å². The van der Waals surface area contributed by atoms with Crippen LogP contribution in [0.15, 0.2) is 96.0 Å². The van der Waals surface area contributed by atoms with E-state index >= 15 is 0 Å². The van der Waals surface area contributed by atoms with Gasteiger partial charge in [0.15, 0.2) is 4.80 Å². The molecule has 0 atom stereocenters. The van der Waals surface area contributed by atoms with Gasteiger partial charge in [-0.2, -0.15) is 0 Å². The van der Waals surface area contributed by atoms with Gasteiger partial charge in [0, 0.05) is 13.6 Å². The zero-order chi connectivity index (χ0) is 18.5. The van der Waals surface area contributed by atoms with Gasteiger partial charge in [-0.3, -0.25) is 4.99 Å². The number of hydrogen-bond acceptors (Lipinski definition) is 2. The Labute approximate surface area is 164 Å². The third-order valence-corrected chi connectivity index (χ3v) is 5.82. The van der Waals surface area contributed by atoms with Crippen molar-refractivity contribution in [2.45, 2.75) is 6.42 Å². The second kappa shape index (κ2) is 8.19. The molecule has 0 bridgehead atoms. The first-order chi connectivity index (χ1) is 13.3. The monoisotopic (exact) mass is 370 g/mol. The van der Waals surface area contributed by atoms with Crippen LogP contribution in [0.25, 0.3) is 21.7 Å². The van der Waals surface area contributed by atoms with E-state index < -0.39 is 0 Å². The molecule has 0 fully saturated rings. The van der Waals surface area contributed by atoms with Crippen molar-refractivity contribution < 1.29 is 0 Å². The molecule has 134 valence electrons. The first-order valence-corrected chi connectivity index (χ1v) is 9.99. The van der Waals surface area contributed by atoms with Crippen LogP contribution < -0.4 is 4.80 Å². The summed E-state index contributed by atoms with van der Waals surface area (Å²) in [5.74, 6) is 0. The number of hydrogen-bond donors (Lipinski definition) is 0. The van der Waals surface area contributed by atoms with Crippen LogP contribution in [0, 0.1) is 0 Å². The Kier molecular flexibility index (Phi) is 5.31. The van der Waals surface area contributed by atoms with E-state index in [4.69, 9.17) is 4.99 Å². The lowest BCUT2D eigenvalue weighted by Gasteiger charge is -2.07. The molecule has 0 aliphatic heterocycles. The van der Waals surface area contributed by atoms with E-state index in [0.29, 0.717) is 0 Å². The van der Waals surface area contributed by atoms with Crippen molar-refractivity contribution in [1.82, 2.24) is 4.57 Å². The van der Waals surface area contributed by atoms with Gasteiger partial charge in [0.2, 0.25) is 0 Å². The zero-order valence-electron chi connectivity index (χ0n) is 15.4. The maximum atomic E-state index is 4.91. The molecule has 0 aliphatic carbocycles. The molecule has 4 rings (SSSR count). The quantitative estimate of drug-likeness (QED) is 0.437. The molecule has 3 heteroatoms. The Bertz CT molecular complexity index is 1060. The first kappa shape index (κ1) is 17.5. The van der Waals surface area contributed by atoms with E-state index in [-0.39, 0.29) is 0 Å². The predicted octanol–water partition coefficient (Wildman–Crippen LogP) is 5.56. The molecule has 3 aromatic carbocycles. The fourth-order valence-corrected chi connectivity index (χ4v) is 4.40. The van der Waals surface area contributed by atoms with Gasteiger partial charge in [-0.1, -0.05) is 102 Å². The lowest BCUT2D eigenvalue weighted by atomic mass is 10.1. The summed E-state index contributed by atoms with van der Waals surface area (Å²) in [4.78, 5) is 7.24. The average Bonchev–Trinajstić information content (AvgIpc) is 3.06. The summed E-state index contributed by atoms with van der Waals surface area (Å²) >= 11 is 1.77. The van der Waals surface area contributed by atoms with E-state index in [1.807, 2.05) is 0 Å². The van der Waals surface area contributed by atoms with E-state index in [9.17, 15) is 0 Å². The normalized spacial score (nSPS) is 11.7. The molecule has 2 nitrogen and oxygen atoms in total. The topological polar surface area (TPSA) is 17.3 Å². The molecule has 0 unspecified atom stereocenters. The van der Waals surface area contributed by atoms with Gasteiger partial charge in [-0.25, -0.2) is 0 Å². The van der Waals surface area contributed by atoms with Crippen molar-refractivity contribution >= 4 is 11.3 Å². The van der Waals surface area contributed by atoms with Gasteiger partial charge in [-0.15, -0.1) is 0 Å². The highest BCUT2D eigenvalue weighted by atomic mass is 32.1. The number of rotatable bonds is 5. The van der Waals surface area contributed by atoms with Crippen LogP contribution in [0.4, 0.5) is 0 Å². The molecule has 27 heavy (non-hydrogen) atoms. The fraction of sp³-hybridized carbons (Fsp3) is 0.125. The summed E-state index contributed by atoms with van der Waals surface area (Å²) < 4.78 is 2.23. The fourth-order valence-electron chi connectivity index (χ4n) is 3.23. The molecule has 0 saturated heterocycles. The number of thiazole rings is 1. The van der Waals surface area contributed by atoms with Crippen LogP contribution in [0.3, 0.4) is 0 Å². The molecule has 1 heterocycles. The summed E-state index contributed by atoms with van der Waals surface area (Å²) in [7, 11) is 2.12. The van der Waals surface area contributed by atoms with Crippen molar-refractivity contribution in [3.63, 3.8) is 0 Å². The number of nitrogens with zero attached hydrogens (tertiary/aromatic N) is 2. The highest BCUT2D eigenvalue weighted by molar-refractivity contribution is 7.13. The third-order valence-electron chi connectivity index (χ3n) is 4.60. The molecule has 0 saturated carbocycles. The molecule has 4 aromatic rings. The first-order valence-electron chi connectivity index (χ1n) is 9.18. The second-order valence-corrected chi connectivity index (χ2v) is 7.45. The maximum Gasteiger partial charge on any atom is 0.185 e. The minimum atomic E-state index is 0.792. The summed E-state index contributed by atoms with van der Waals surface area (Å²) in [6, 6.07) is 31.7. The smallest absolute Gasteiger partial charge is 0.185 e. The van der Waals surface area contributed by atoms with Crippen LogP contribution in [0.1, 0.15) is 5.56 Å². The molecule has 1 aromatic heterocycles. The van der Waals surface area contributed by atoms with Crippen molar-refractivity contribution in [2.75, 3.05) is 6.54 Å². The minimum absolute atomic E-state index is 0.792. The van der Waals surface area contributed by atoms with Crippen LogP contribution >= 0.6 is 11.3 Å². The Hall–Kier alpha value is -2.91. The van der Waals surface area contributed by atoms with E-state index in [1.54, 1.807) is 11.3 Å². The Morgan fingerprint density at radius 2 is 1.30 bits per heavy atom. The zero-order valence-corrected chi connectivity index (χ0v) is 16.2. The van der Waals surface area contributed by atoms with Crippen molar-refractivity contribution in [2.24, 2.45) is 12.0 Å². The summed E-state index contributed by atoms with van der Waals surface area (Å²) in [6.07, 6.45) is 0.958. The molecule has 0 aliphatic rings. The number of benzene rings is 3. The van der Waals surface area contributed by atoms with Gasteiger partial charge < -0.3 is 4.57 Å². The highest BCUT2D eigenvalue weighted by Crippen LogP contribution is 2.33. The van der Waals surface area contributed by atoms with Gasteiger partial charge >= 0.3 is 0 Å². The third kappa shape index (κ3) is 3.93. The summed E-state index contributed by atoms with van der Waals surface area (Å²) in [5.41, 5.74) is 5.01. The van der Waals surface area contributed by atoms with Gasteiger partial charge in [0.1, 0.15) is 0 Å². The van der Waals surface area contributed by atoms with Gasteiger partial charge in [0.05, 0.1) is 10.6 Å². The second-order valence-electron chi connectivity index (χ2n) is 6.47. The molecule has 0 radical (unpaired) electrons. The maximum absolute atomic E-state index is 4.91. The average molecular weight is 371 g/mol. The summed E-state index contributed by atoms with van der Waals surface area (Å²) in [6.45, 7) is 0.792. The molecule has 0 N–H and O–H groups in total. The molecular formula is C24H22N2S.